The molecule has 4 heteroatoms. The Kier molecular flexibility index (Phi) is 7.46. The minimum absolute atomic E-state index is 0.671. The van der Waals surface area contributed by atoms with E-state index in [0.717, 1.165) is 94.2 Å². The smallest absolute Gasteiger partial charge is 0.160 e. The van der Waals surface area contributed by atoms with Gasteiger partial charge in [0.05, 0.1) is 11.4 Å². The second-order valence-electron chi connectivity index (χ2n) is 14.1. The maximum absolute atomic E-state index is 6.71. The summed E-state index contributed by atoms with van der Waals surface area (Å²) in [5.74, 6) is 0.671. The topological polar surface area (TPSA) is 52.1 Å². The van der Waals surface area contributed by atoms with Crippen LogP contribution >= 0.6 is 0 Å². The molecule has 0 radical (unpaired) electrons. The molecule has 0 N–H and O–H groups in total. The van der Waals surface area contributed by atoms with E-state index in [1.54, 1.807) is 0 Å². The molecule has 262 valence electrons. The van der Waals surface area contributed by atoms with Crippen LogP contribution in [0.1, 0.15) is 0 Å². The number of aromatic nitrogens is 2. The molecule has 11 rings (SSSR count). The third-order valence-corrected chi connectivity index (χ3v) is 10.8. The van der Waals surface area contributed by atoms with Gasteiger partial charge in [-0.25, -0.2) is 9.97 Å². The number of benzene rings is 8. The highest BCUT2D eigenvalue weighted by Crippen LogP contribution is 2.45. The lowest BCUT2D eigenvalue weighted by Gasteiger charge is -2.12. The normalized spacial score (nSPS) is 11.6. The van der Waals surface area contributed by atoms with Gasteiger partial charge in [-0.05, 0) is 58.1 Å². The SMILES string of the molecule is c1ccc(-c2ccc(-c3cc(-c4ccccc4)nc(-c4ccc(-c5ccc(-c6cccc7oc8ccccc8c67)c6c5oc5ccccc56)cc4)n3)cc2)cc1. The molecule has 4 nitrogen and oxygen atoms in total. The molecule has 0 amide bonds. The summed E-state index contributed by atoms with van der Waals surface area (Å²) < 4.78 is 13.0. The van der Waals surface area contributed by atoms with Crippen molar-refractivity contribution in [2.75, 3.05) is 0 Å². The van der Waals surface area contributed by atoms with E-state index in [0.29, 0.717) is 5.82 Å². The quantitative estimate of drug-likeness (QED) is 0.172. The molecule has 0 aliphatic heterocycles. The molecule has 3 heterocycles. The standard InChI is InChI=1S/C52H32N2O2/c1-3-12-33(13-4-1)34-22-26-37(27-23-34)45-32-44(36-14-5-2-6-15-36)53-52(54-45)38-28-24-35(25-29-38)39-30-31-41(50-43-17-8-10-20-47(43)56-51(39)50)40-18-11-21-48-49(40)42-16-7-9-19-46(42)55-48/h1-32H. The predicted molar refractivity (Wildman–Crippen MR) is 229 cm³/mol. The Labute approximate surface area is 323 Å². The van der Waals surface area contributed by atoms with Crippen molar-refractivity contribution in [1.29, 1.82) is 0 Å². The van der Waals surface area contributed by atoms with Gasteiger partial charge in [0.2, 0.25) is 0 Å². The van der Waals surface area contributed by atoms with E-state index in [1.165, 1.54) is 11.1 Å². The number of rotatable bonds is 6. The van der Waals surface area contributed by atoms with E-state index in [2.05, 4.69) is 140 Å². The molecular formula is C52H32N2O2. The number of hydrogen-bond acceptors (Lipinski definition) is 4. The number of fused-ring (bicyclic) bond motifs is 6. The third kappa shape index (κ3) is 5.39. The summed E-state index contributed by atoms with van der Waals surface area (Å²) in [5.41, 5.74) is 14.9. The van der Waals surface area contributed by atoms with E-state index in [9.17, 15) is 0 Å². The van der Waals surface area contributed by atoms with Crippen molar-refractivity contribution < 1.29 is 8.83 Å². The highest BCUT2D eigenvalue weighted by atomic mass is 16.3. The van der Waals surface area contributed by atoms with Gasteiger partial charge in [0, 0.05) is 43.8 Å². The summed E-state index contributed by atoms with van der Waals surface area (Å²) in [6, 6.07) is 67.2. The molecule has 11 aromatic rings. The van der Waals surface area contributed by atoms with E-state index in [1.807, 2.05) is 54.6 Å². The second kappa shape index (κ2) is 13.1. The monoisotopic (exact) mass is 716 g/mol. The summed E-state index contributed by atoms with van der Waals surface area (Å²) in [4.78, 5) is 10.2. The van der Waals surface area contributed by atoms with Gasteiger partial charge < -0.3 is 8.83 Å². The number of furan rings is 2. The van der Waals surface area contributed by atoms with Gasteiger partial charge in [-0.2, -0.15) is 0 Å². The van der Waals surface area contributed by atoms with Crippen molar-refractivity contribution in [3.8, 4) is 67.3 Å². The summed E-state index contributed by atoms with van der Waals surface area (Å²) in [6.45, 7) is 0. The lowest BCUT2D eigenvalue weighted by Crippen LogP contribution is -1.96. The van der Waals surface area contributed by atoms with Gasteiger partial charge in [-0.3, -0.25) is 0 Å². The molecule has 0 aliphatic carbocycles. The summed E-state index contributed by atoms with van der Waals surface area (Å²) in [6.07, 6.45) is 0. The molecule has 56 heavy (non-hydrogen) atoms. The average molecular weight is 717 g/mol. The zero-order valence-corrected chi connectivity index (χ0v) is 30.2. The summed E-state index contributed by atoms with van der Waals surface area (Å²) >= 11 is 0. The average Bonchev–Trinajstić information content (AvgIpc) is 3.86. The van der Waals surface area contributed by atoms with E-state index < -0.39 is 0 Å². The number of hydrogen-bond donors (Lipinski definition) is 0. The Balaban J connectivity index is 1.02. The van der Waals surface area contributed by atoms with Gasteiger partial charge >= 0.3 is 0 Å². The molecule has 0 unspecified atom stereocenters. The maximum Gasteiger partial charge on any atom is 0.160 e. The Morgan fingerprint density at radius 2 is 0.786 bits per heavy atom. The van der Waals surface area contributed by atoms with Crippen LogP contribution in [0.3, 0.4) is 0 Å². The van der Waals surface area contributed by atoms with Crippen LogP contribution in [0.25, 0.3) is 111 Å². The van der Waals surface area contributed by atoms with Gasteiger partial charge in [0.25, 0.3) is 0 Å². The van der Waals surface area contributed by atoms with Crippen molar-refractivity contribution >= 4 is 43.9 Å². The van der Waals surface area contributed by atoms with Gasteiger partial charge in [0.1, 0.15) is 22.3 Å². The van der Waals surface area contributed by atoms with Gasteiger partial charge in [0.15, 0.2) is 5.82 Å². The van der Waals surface area contributed by atoms with Crippen molar-refractivity contribution in [2.24, 2.45) is 0 Å². The van der Waals surface area contributed by atoms with Crippen LogP contribution in [-0.4, -0.2) is 9.97 Å². The molecule has 3 aromatic heterocycles. The first-order valence-corrected chi connectivity index (χ1v) is 18.8. The molecule has 0 fully saturated rings. The Bertz CT molecular complexity index is 3220. The number of para-hydroxylation sites is 2. The van der Waals surface area contributed by atoms with Gasteiger partial charge in [-0.1, -0.05) is 164 Å². The Hall–Kier alpha value is -7.56. The fraction of sp³-hybridized carbons (Fsp3) is 0. The van der Waals surface area contributed by atoms with Crippen LogP contribution in [-0.2, 0) is 0 Å². The van der Waals surface area contributed by atoms with E-state index in [-0.39, 0.29) is 0 Å². The summed E-state index contributed by atoms with van der Waals surface area (Å²) in [5, 5.41) is 4.37. The van der Waals surface area contributed by atoms with Crippen LogP contribution in [0.15, 0.2) is 203 Å². The van der Waals surface area contributed by atoms with Crippen molar-refractivity contribution in [3.05, 3.63) is 194 Å². The lowest BCUT2D eigenvalue weighted by molar-refractivity contribution is 0.668. The fourth-order valence-electron chi connectivity index (χ4n) is 8.02. The van der Waals surface area contributed by atoms with Crippen LogP contribution in [0, 0.1) is 0 Å². The molecule has 0 spiro atoms. The molecule has 8 aromatic carbocycles. The predicted octanol–water partition coefficient (Wildman–Crippen LogP) is 14.3. The minimum atomic E-state index is 0.671. The molecule has 0 aliphatic rings. The van der Waals surface area contributed by atoms with Crippen LogP contribution in [0.4, 0.5) is 0 Å². The Morgan fingerprint density at radius 1 is 0.304 bits per heavy atom. The maximum atomic E-state index is 6.71. The van der Waals surface area contributed by atoms with Crippen molar-refractivity contribution in [2.45, 2.75) is 0 Å². The van der Waals surface area contributed by atoms with Gasteiger partial charge in [-0.15, -0.1) is 0 Å². The van der Waals surface area contributed by atoms with Crippen LogP contribution in [0.2, 0.25) is 0 Å². The number of nitrogens with zero attached hydrogens (tertiary/aromatic N) is 2. The molecule has 0 atom stereocenters. The molecule has 0 saturated heterocycles. The third-order valence-electron chi connectivity index (χ3n) is 10.8. The van der Waals surface area contributed by atoms with Crippen LogP contribution < -0.4 is 0 Å². The first kappa shape index (κ1) is 31.9. The zero-order chi connectivity index (χ0) is 37.0. The lowest BCUT2D eigenvalue weighted by atomic mass is 9.92. The first-order chi connectivity index (χ1) is 27.7. The molecule has 0 saturated carbocycles. The molecule has 0 bridgehead atoms. The second-order valence-corrected chi connectivity index (χ2v) is 14.1. The Morgan fingerprint density at radius 3 is 1.50 bits per heavy atom. The first-order valence-electron chi connectivity index (χ1n) is 18.8. The zero-order valence-electron chi connectivity index (χ0n) is 30.2. The minimum Gasteiger partial charge on any atom is -0.456 e. The van der Waals surface area contributed by atoms with Crippen molar-refractivity contribution in [3.63, 3.8) is 0 Å². The van der Waals surface area contributed by atoms with E-state index in [4.69, 9.17) is 18.8 Å². The highest BCUT2D eigenvalue weighted by Gasteiger charge is 2.20. The summed E-state index contributed by atoms with van der Waals surface area (Å²) in [7, 11) is 0. The highest BCUT2D eigenvalue weighted by molar-refractivity contribution is 6.21. The molecular weight excluding hydrogens is 685 g/mol. The van der Waals surface area contributed by atoms with E-state index >= 15 is 0 Å². The fourth-order valence-corrected chi connectivity index (χ4v) is 8.02. The largest absolute Gasteiger partial charge is 0.456 e. The van der Waals surface area contributed by atoms with Crippen molar-refractivity contribution in [1.82, 2.24) is 9.97 Å². The van der Waals surface area contributed by atoms with Crippen LogP contribution in [0.5, 0.6) is 0 Å².